The third kappa shape index (κ3) is 5.21. The maximum Gasteiger partial charge on any atom is 0.339 e. The lowest BCUT2D eigenvalue weighted by Gasteiger charge is -2.10. The van der Waals surface area contributed by atoms with Gasteiger partial charge in [0.05, 0.1) is 10.6 Å². The molecule has 0 radical (unpaired) electrons. The smallest absolute Gasteiger partial charge is 0.339 e. The summed E-state index contributed by atoms with van der Waals surface area (Å²) >= 11 is 7.12. The van der Waals surface area contributed by atoms with Crippen molar-refractivity contribution < 1.29 is 17.4 Å². The molecule has 32 heavy (non-hydrogen) atoms. The second-order valence-corrected chi connectivity index (χ2v) is 9.86. The highest BCUT2D eigenvalue weighted by Gasteiger charge is 2.25. The number of benzene rings is 3. The fraction of sp³-hybridized carbons (Fsp3) is 0.0435. The van der Waals surface area contributed by atoms with Crippen molar-refractivity contribution in [3.8, 4) is 5.75 Å². The zero-order valence-electron chi connectivity index (χ0n) is 16.8. The van der Waals surface area contributed by atoms with E-state index in [1.807, 2.05) is 6.92 Å². The second-order valence-electron chi connectivity index (χ2n) is 6.85. The molecule has 0 saturated carbocycles. The molecule has 6 nitrogen and oxygen atoms in total. The number of para-hydroxylation sites is 1. The van der Waals surface area contributed by atoms with Crippen LogP contribution in [0.3, 0.4) is 0 Å². The average Bonchev–Trinajstić information content (AvgIpc) is 3.08. The molecule has 1 heterocycles. The minimum atomic E-state index is -4.03. The summed E-state index contributed by atoms with van der Waals surface area (Å²) in [6, 6.07) is 19.9. The van der Waals surface area contributed by atoms with Crippen molar-refractivity contribution in [3.05, 3.63) is 93.9 Å². The Morgan fingerprint density at radius 3 is 2.53 bits per heavy atom. The minimum absolute atomic E-state index is 0.0504. The number of amides is 1. The van der Waals surface area contributed by atoms with Crippen molar-refractivity contribution in [1.82, 2.24) is 5.32 Å². The molecule has 0 unspecified atom stereocenters. The lowest BCUT2D eigenvalue weighted by atomic mass is 10.2. The molecule has 0 spiro atoms. The van der Waals surface area contributed by atoms with E-state index in [1.54, 1.807) is 60.7 Å². The molecule has 1 fully saturated rings. The van der Waals surface area contributed by atoms with Gasteiger partial charge in [-0.05, 0) is 61.2 Å². The number of thioether (sulfide) groups is 1. The molecule has 1 aliphatic heterocycles. The summed E-state index contributed by atoms with van der Waals surface area (Å²) in [4.78, 5) is 17.2. The summed E-state index contributed by atoms with van der Waals surface area (Å²) in [6.07, 6.45) is 1.57. The van der Waals surface area contributed by atoms with Crippen molar-refractivity contribution in [2.75, 3.05) is 0 Å². The van der Waals surface area contributed by atoms with Crippen molar-refractivity contribution >= 4 is 56.3 Å². The number of hydrogen-bond donors (Lipinski definition) is 1. The van der Waals surface area contributed by atoms with Crippen LogP contribution in [0.5, 0.6) is 5.75 Å². The van der Waals surface area contributed by atoms with Gasteiger partial charge in [-0.25, -0.2) is 4.99 Å². The normalized spacial score (nSPS) is 16.4. The average molecular weight is 485 g/mol. The van der Waals surface area contributed by atoms with E-state index in [1.165, 1.54) is 18.2 Å². The predicted octanol–water partition coefficient (Wildman–Crippen LogP) is 5.31. The van der Waals surface area contributed by atoms with Gasteiger partial charge in [-0.1, -0.05) is 53.6 Å². The number of aliphatic imine (C=N–C) groups is 1. The van der Waals surface area contributed by atoms with Crippen LogP contribution in [0.4, 0.5) is 5.69 Å². The Hall–Kier alpha value is -3.07. The first-order chi connectivity index (χ1) is 15.3. The van der Waals surface area contributed by atoms with Gasteiger partial charge in [-0.15, -0.1) is 0 Å². The number of aryl methyl sites for hydroxylation is 1. The highest BCUT2D eigenvalue weighted by Crippen LogP contribution is 2.32. The first-order valence-corrected chi connectivity index (χ1v) is 12.1. The lowest BCUT2D eigenvalue weighted by Crippen LogP contribution is -2.19. The van der Waals surface area contributed by atoms with Gasteiger partial charge >= 0.3 is 10.1 Å². The molecule has 3 aromatic rings. The van der Waals surface area contributed by atoms with Crippen LogP contribution in [-0.2, 0) is 14.9 Å². The molecule has 0 bridgehead atoms. The number of rotatable bonds is 5. The Labute approximate surface area is 195 Å². The standard InChI is InChI=1S/C23H17ClN2O4S2/c1-15-9-11-19(12-10-15)32(28,29)30-20-8-3-2-5-16(20)13-21-22(27)26-23(31-21)25-18-7-4-6-17(24)14-18/h2-14H,1H3,(H,25,26,27)/b21-13+. The van der Waals surface area contributed by atoms with Gasteiger partial charge in [0.15, 0.2) is 5.17 Å². The van der Waals surface area contributed by atoms with Gasteiger partial charge in [0.2, 0.25) is 0 Å². The Morgan fingerprint density at radius 2 is 1.78 bits per heavy atom. The molecule has 9 heteroatoms. The van der Waals surface area contributed by atoms with Gasteiger partial charge in [-0.2, -0.15) is 8.42 Å². The maximum absolute atomic E-state index is 12.7. The summed E-state index contributed by atoms with van der Waals surface area (Å²) in [5.41, 5.74) is 1.99. The number of halogens is 1. The largest absolute Gasteiger partial charge is 0.378 e. The highest BCUT2D eigenvalue weighted by molar-refractivity contribution is 8.18. The molecular weight excluding hydrogens is 468 g/mol. The van der Waals surface area contributed by atoms with E-state index in [9.17, 15) is 13.2 Å². The van der Waals surface area contributed by atoms with Crippen LogP contribution in [0.2, 0.25) is 5.02 Å². The van der Waals surface area contributed by atoms with Crippen molar-refractivity contribution in [2.45, 2.75) is 11.8 Å². The molecule has 1 saturated heterocycles. The Bertz CT molecular complexity index is 1350. The third-order valence-corrected chi connectivity index (χ3v) is 6.80. The van der Waals surface area contributed by atoms with Crippen LogP contribution in [0.1, 0.15) is 11.1 Å². The van der Waals surface area contributed by atoms with E-state index < -0.39 is 10.1 Å². The Balaban J connectivity index is 1.60. The molecule has 162 valence electrons. The van der Waals surface area contributed by atoms with Gasteiger partial charge < -0.3 is 9.50 Å². The van der Waals surface area contributed by atoms with Gasteiger partial charge in [0.1, 0.15) is 10.6 Å². The quantitative estimate of drug-likeness (QED) is 0.392. The zero-order valence-corrected chi connectivity index (χ0v) is 19.2. The molecule has 1 amide bonds. The Kier molecular flexibility index (Phi) is 6.36. The van der Waals surface area contributed by atoms with Crippen LogP contribution >= 0.6 is 23.4 Å². The van der Waals surface area contributed by atoms with Crippen molar-refractivity contribution in [2.24, 2.45) is 4.99 Å². The third-order valence-electron chi connectivity index (χ3n) is 4.40. The predicted molar refractivity (Wildman–Crippen MR) is 128 cm³/mol. The molecular formula is C23H17ClN2O4S2. The number of carbonyl (C=O) groups is 1. The van der Waals surface area contributed by atoms with E-state index in [4.69, 9.17) is 15.8 Å². The molecule has 0 aromatic heterocycles. The summed E-state index contributed by atoms with van der Waals surface area (Å²) < 4.78 is 30.8. The summed E-state index contributed by atoms with van der Waals surface area (Å²) in [5, 5.41) is 3.63. The first kappa shape index (κ1) is 22.1. The number of carbonyl (C=O) groups excluding carboxylic acids is 1. The summed E-state index contributed by atoms with van der Waals surface area (Å²) in [7, 11) is -4.03. The molecule has 1 N–H and O–H groups in total. The summed E-state index contributed by atoms with van der Waals surface area (Å²) in [6.45, 7) is 1.87. The van der Waals surface area contributed by atoms with Crippen LogP contribution in [-0.4, -0.2) is 19.5 Å². The Morgan fingerprint density at radius 1 is 1.03 bits per heavy atom. The first-order valence-electron chi connectivity index (χ1n) is 9.45. The van der Waals surface area contributed by atoms with Gasteiger partial charge in [-0.3, -0.25) is 4.79 Å². The van der Waals surface area contributed by atoms with Crippen molar-refractivity contribution in [1.29, 1.82) is 0 Å². The van der Waals surface area contributed by atoms with Crippen LogP contribution in [0.25, 0.3) is 6.08 Å². The van der Waals surface area contributed by atoms with Crippen LogP contribution in [0.15, 0.2) is 87.6 Å². The maximum atomic E-state index is 12.7. The number of nitrogens with zero attached hydrogens (tertiary/aromatic N) is 1. The fourth-order valence-electron chi connectivity index (χ4n) is 2.83. The van der Waals surface area contributed by atoms with Gasteiger partial charge in [0.25, 0.3) is 5.91 Å². The van der Waals surface area contributed by atoms with Gasteiger partial charge in [0, 0.05) is 10.6 Å². The SMILES string of the molecule is Cc1ccc(S(=O)(=O)Oc2ccccc2/C=C2/SC(=Nc3cccc(Cl)c3)NC2=O)cc1. The van der Waals surface area contributed by atoms with E-state index in [2.05, 4.69) is 10.3 Å². The number of nitrogens with one attached hydrogen (secondary N) is 1. The zero-order chi connectivity index (χ0) is 22.7. The van der Waals surface area contributed by atoms with Crippen LogP contribution in [0, 0.1) is 6.92 Å². The fourth-order valence-corrected chi connectivity index (χ4v) is 4.80. The monoisotopic (exact) mass is 484 g/mol. The second kappa shape index (κ2) is 9.20. The van der Waals surface area contributed by atoms with E-state index in [0.717, 1.165) is 17.3 Å². The summed E-state index contributed by atoms with van der Waals surface area (Å²) in [5.74, 6) is -0.221. The number of amidine groups is 1. The molecule has 0 aliphatic carbocycles. The van der Waals surface area contributed by atoms with E-state index >= 15 is 0 Å². The molecule has 4 rings (SSSR count). The van der Waals surface area contributed by atoms with Crippen molar-refractivity contribution in [3.63, 3.8) is 0 Å². The van der Waals surface area contributed by atoms with Crippen LogP contribution < -0.4 is 9.50 Å². The molecule has 1 aliphatic rings. The topological polar surface area (TPSA) is 84.8 Å². The lowest BCUT2D eigenvalue weighted by molar-refractivity contribution is -0.115. The molecule has 0 atom stereocenters. The molecule has 3 aromatic carbocycles. The van der Waals surface area contributed by atoms with E-state index in [-0.39, 0.29) is 16.6 Å². The highest BCUT2D eigenvalue weighted by atomic mass is 35.5. The number of hydrogen-bond acceptors (Lipinski definition) is 6. The minimum Gasteiger partial charge on any atom is -0.378 e. The van der Waals surface area contributed by atoms with E-state index in [0.29, 0.717) is 26.3 Å².